The molecule has 2 aromatic rings. The molecule has 5 heteroatoms. The van der Waals surface area contributed by atoms with Gasteiger partial charge < -0.3 is 4.90 Å². The predicted octanol–water partition coefficient (Wildman–Crippen LogP) is 3.73. The maximum atomic E-state index is 13.0. The zero-order chi connectivity index (χ0) is 15.6. The summed E-state index contributed by atoms with van der Waals surface area (Å²) in [5.74, 6) is 1.88. The maximum absolute atomic E-state index is 13.0. The SMILES string of the molecule is Fc1ccc(-c2n[nH]c(C3CCN(C4CCCC4)CC3)n2)cc1. The van der Waals surface area contributed by atoms with Gasteiger partial charge in [-0.2, -0.15) is 5.10 Å². The second-order valence-electron chi connectivity index (χ2n) is 6.80. The summed E-state index contributed by atoms with van der Waals surface area (Å²) < 4.78 is 13.0. The fourth-order valence-corrected chi connectivity index (χ4v) is 3.99. The van der Waals surface area contributed by atoms with Crippen LogP contribution in [0.15, 0.2) is 24.3 Å². The molecule has 0 bridgehead atoms. The van der Waals surface area contributed by atoms with Crippen LogP contribution in [-0.4, -0.2) is 39.2 Å². The highest BCUT2D eigenvalue weighted by Crippen LogP contribution is 2.31. The topological polar surface area (TPSA) is 44.8 Å². The van der Waals surface area contributed by atoms with Gasteiger partial charge in [-0.25, -0.2) is 9.37 Å². The molecule has 122 valence electrons. The first kappa shape index (κ1) is 14.8. The van der Waals surface area contributed by atoms with Gasteiger partial charge in [-0.15, -0.1) is 0 Å². The first-order chi connectivity index (χ1) is 11.3. The van der Waals surface area contributed by atoms with Gasteiger partial charge in [0.15, 0.2) is 5.82 Å². The molecule has 4 rings (SSSR count). The lowest BCUT2D eigenvalue weighted by molar-refractivity contribution is 0.152. The fourth-order valence-electron chi connectivity index (χ4n) is 3.99. The average Bonchev–Trinajstić information content (AvgIpc) is 3.28. The maximum Gasteiger partial charge on any atom is 0.181 e. The lowest BCUT2D eigenvalue weighted by Crippen LogP contribution is -2.39. The van der Waals surface area contributed by atoms with Crippen molar-refractivity contribution in [2.45, 2.75) is 50.5 Å². The molecule has 1 saturated carbocycles. The highest BCUT2D eigenvalue weighted by molar-refractivity contribution is 5.54. The summed E-state index contributed by atoms with van der Waals surface area (Å²) in [7, 11) is 0. The van der Waals surface area contributed by atoms with Crippen molar-refractivity contribution in [2.24, 2.45) is 0 Å². The zero-order valence-electron chi connectivity index (χ0n) is 13.3. The van der Waals surface area contributed by atoms with Gasteiger partial charge in [0.1, 0.15) is 11.6 Å². The van der Waals surface area contributed by atoms with Crippen LogP contribution in [0.4, 0.5) is 4.39 Å². The molecule has 1 aromatic heterocycles. The standard InChI is InChI=1S/C18H23FN4/c19-15-7-5-13(6-8-15)17-20-18(22-21-17)14-9-11-23(12-10-14)16-3-1-2-4-16/h5-8,14,16H,1-4,9-12H2,(H,20,21,22). The molecule has 0 unspecified atom stereocenters. The van der Waals surface area contributed by atoms with Gasteiger partial charge in [-0.1, -0.05) is 12.8 Å². The molecule has 1 N–H and O–H groups in total. The van der Waals surface area contributed by atoms with Crippen LogP contribution in [0.3, 0.4) is 0 Å². The molecule has 0 radical (unpaired) electrons. The van der Waals surface area contributed by atoms with Crippen molar-refractivity contribution in [1.29, 1.82) is 0 Å². The molecule has 1 aromatic carbocycles. The molecule has 23 heavy (non-hydrogen) atoms. The molecule has 0 amide bonds. The van der Waals surface area contributed by atoms with E-state index in [0.717, 1.165) is 30.3 Å². The van der Waals surface area contributed by atoms with Gasteiger partial charge in [0.25, 0.3) is 0 Å². The van der Waals surface area contributed by atoms with Crippen molar-refractivity contribution in [2.75, 3.05) is 13.1 Å². The fraction of sp³-hybridized carbons (Fsp3) is 0.556. The van der Waals surface area contributed by atoms with Gasteiger partial charge in [0.2, 0.25) is 0 Å². The normalized spacial score (nSPS) is 21.1. The van der Waals surface area contributed by atoms with Crippen LogP contribution in [-0.2, 0) is 0 Å². The highest BCUT2D eigenvalue weighted by atomic mass is 19.1. The monoisotopic (exact) mass is 314 g/mol. The Balaban J connectivity index is 1.40. The van der Waals surface area contributed by atoms with Gasteiger partial charge in [-0.3, -0.25) is 5.10 Å². The van der Waals surface area contributed by atoms with Crippen LogP contribution in [0.2, 0.25) is 0 Å². The molecule has 2 heterocycles. The lowest BCUT2D eigenvalue weighted by Gasteiger charge is -2.35. The number of hydrogen-bond acceptors (Lipinski definition) is 3. The Labute approximate surface area is 136 Å². The zero-order valence-corrected chi connectivity index (χ0v) is 13.3. The van der Waals surface area contributed by atoms with E-state index in [-0.39, 0.29) is 5.82 Å². The summed E-state index contributed by atoms with van der Waals surface area (Å²) in [4.78, 5) is 7.32. The minimum atomic E-state index is -0.233. The van der Waals surface area contributed by atoms with E-state index in [1.54, 1.807) is 12.1 Å². The number of rotatable bonds is 3. The van der Waals surface area contributed by atoms with Crippen molar-refractivity contribution in [1.82, 2.24) is 20.1 Å². The third-order valence-corrected chi connectivity index (χ3v) is 5.36. The Hall–Kier alpha value is -1.75. The van der Waals surface area contributed by atoms with Crippen molar-refractivity contribution < 1.29 is 4.39 Å². The van der Waals surface area contributed by atoms with Crippen LogP contribution in [0.1, 0.15) is 50.3 Å². The van der Waals surface area contributed by atoms with Gasteiger partial charge in [0, 0.05) is 17.5 Å². The van der Waals surface area contributed by atoms with Crippen LogP contribution in [0, 0.1) is 5.82 Å². The third-order valence-electron chi connectivity index (χ3n) is 5.36. The van der Waals surface area contributed by atoms with E-state index >= 15 is 0 Å². The van der Waals surface area contributed by atoms with Crippen LogP contribution in [0.25, 0.3) is 11.4 Å². The van der Waals surface area contributed by atoms with Gasteiger partial charge >= 0.3 is 0 Å². The number of hydrogen-bond donors (Lipinski definition) is 1. The first-order valence-corrected chi connectivity index (χ1v) is 8.72. The van der Waals surface area contributed by atoms with Crippen LogP contribution in [0.5, 0.6) is 0 Å². The third kappa shape index (κ3) is 3.15. The quantitative estimate of drug-likeness (QED) is 0.939. The van der Waals surface area contributed by atoms with Gasteiger partial charge in [-0.05, 0) is 63.0 Å². The highest BCUT2D eigenvalue weighted by Gasteiger charge is 2.29. The van der Waals surface area contributed by atoms with Crippen molar-refractivity contribution >= 4 is 0 Å². The van der Waals surface area contributed by atoms with E-state index in [9.17, 15) is 4.39 Å². The van der Waals surface area contributed by atoms with Crippen molar-refractivity contribution in [3.05, 3.63) is 35.9 Å². The number of aromatic amines is 1. The summed E-state index contributed by atoms with van der Waals surface area (Å²) in [6.45, 7) is 2.34. The number of H-pyrrole nitrogens is 1. The minimum absolute atomic E-state index is 0.233. The second kappa shape index (κ2) is 6.40. The van der Waals surface area contributed by atoms with Crippen molar-refractivity contribution in [3.8, 4) is 11.4 Å². The number of halogens is 1. The predicted molar refractivity (Wildman–Crippen MR) is 87.6 cm³/mol. The molecule has 1 aliphatic carbocycles. The molecule has 1 saturated heterocycles. The van der Waals surface area contributed by atoms with E-state index in [1.807, 2.05) is 0 Å². The largest absolute Gasteiger partial charge is 0.300 e. The number of nitrogens with one attached hydrogen (secondary N) is 1. The molecule has 1 aliphatic heterocycles. The number of piperidine rings is 1. The smallest absolute Gasteiger partial charge is 0.181 e. The van der Waals surface area contributed by atoms with Gasteiger partial charge in [0.05, 0.1) is 0 Å². The first-order valence-electron chi connectivity index (χ1n) is 8.72. The summed E-state index contributed by atoms with van der Waals surface area (Å²) in [6, 6.07) is 7.17. The van der Waals surface area contributed by atoms with Crippen molar-refractivity contribution in [3.63, 3.8) is 0 Å². The molecular weight excluding hydrogens is 291 g/mol. The van der Waals surface area contributed by atoms with E-state index < -0.39 is 0 Å². The molecular formula is C18H23FN4. The van der Waals surface area contributed by atoms with Crippen LogP contribution < -0.4 is 0 Å². The lowest BCUT2D eigenvalue weighted by atomic mass is 9.95. The Kier molecular flexibility index (Phi) is 4.12. The van der Waals surface area contributed by atoms with E-state index in [0.29, 0.717) is 11.7 Å². The second-order valence-corrected chi connectivity index (χ2v) is 6.80. The summed E-state index contributed by atoms with van der Waals surface area (Å²) >= 11 is 0. The molecule has 4 nitrogen and oxygen atoms in total. The number of benzene rings is 1. The Morgan fingerprint density at radius 2 is 1.70 bits per heavy atom. The van der Waals surface area contributed by atoms with E-state index in [4.69, 9.17) is 0 Å². The molecule has 0 atom stereocenters. The number of aromatic nitrogens is 3. The summed E-state index contributed by atoms with van der Waals surface area (Å²) in [6.07, 6.45) is 7.84. The molecule has 2 aliphatic rings. The Morgan fingerprint density at radius 3 is 2.39 bits per heavy atom. The Morgan fingerprint density at radius 1 is 1.00 bits per heavy atom. The Bertz CT molecular complexity index is 637. The van der Waals surface area contributed by atoms with E-state index in [1.165, 1.54) is 50.9 Å². The number of nitrogens with zero attached hydrogens (tertiary/aromatic N) is 3. The van der Waals surface area contributed by atoms with Crippen LogP contribution >= 0.6 is 0 Å². The summed E-state index contributed by atoms with van der Waals surface area (Å²) in [5, 5.41) is 7.42. The molecule has 2 fully saturated rings. The average molecular weight is 314 g/mol. The number of likely N-dealkylation sites (tertiary alicyclic amines) is 1. The molecule has 0 spiro atoms. The minimum Gasteiger partial charge on any atom is -0.300 e. The summed E-state index contributed by atoms with van der Waals surface area (Å²) in [5.41, 5.74) is 0.859. The van der Waals surface area contributed by atoms with E-state index in [2.05, 4.69) is 20.1 Å².